The lowest BCUT2D eigenvalue weighted by Crippen LogP contribution is -2.24. The first-order valence-corrected chi connectivity index (χ1v) is 6.85. The SMILES string of the molecule is CCNC(c1ncc(Br)cc1Br)C1CC1. The molecule has 0 aromatic carbocycles. The van der Waals surface area contributed by atoms with Gasteiger partial charge in [-0.3, -0.25) is 4.98 Å². The predicted octanol–water partition coefficient (Wildman–Crippen LogP) is 3.67. The molecule has 1 aromatic heterocycles. The molecule has 0 bridgehead atoms. The number of nitrogens with one attached hydrogen (secondary N) is 1. The van der Waals surface area contributed by atoms with Crippen LogP contribution in [-0.4, -0.2) is 11.5 Å². The number of hydrogen-bond donors (Lipinski definition) is 1. The largest absolute Gasteiger partial charge is 0.309 e. The van der Waals surface area contributed by atoms with Crippen LogP contribution in [0.2, 0.25) is 0 Å². The van der Waals surface area contributed by atoms with Gasteiger partial charge in [-0.2, -0.15) is 0 Å². The van der Waals surface area contributed by atoms with Gasteiger partial charge in [0.2, 0.25) is 0 Å². The maximum Gasteiger partial charge on any atom is 0.0718 e. The van der Waals surface area contributed by atoms with Gasteiger partial charge in [0.25, 0.3) is 0 Å². The average Bonchev–Trinajstić information content (AvgIpc) is 2.98. The fraction of sp³-hybridized carbons (Fsp3) is 0.545. The molecule has 15 heavy (non-hydrogen) atoms. The van der Waals surface area contributed by atoms with Crippen molar-refractivity contribution in [2.24, 2.45) is 5.92 Å². The van der Waals surface area contributed by atoms with E-state index in [0.717, 1.165) is 27.1 Å². The quantitative estimate of drug-likeness (QED) is 0.909. The van der Waals surface area contributed by atoms with E-state index in [1.54, 1.807) is 0 Å². The zero-order valence-corrected chi connectivity index (χ0v) is 11.8. The van der Waals surface area contributed by atoms with Crippen molar-refractivity contribution in [2.45, 2.75) is 25.8 Å². The molecule has 4 heteroatoms. The van der Waals surface area contributed by atoms with Gasteiger partial charge in [-0.1, -0.05) is 6.92 Å². The summed E-state index contributed by atoms with van der Waals surface area (Å²) in [5.74, 6) is 0.773. The molecular weight excluding hydrogens is 320 g/mol. The summed E-state index contributed by atoms with van der Waals surface area (Å²) in [5, 5.41) is 3.51. The van der Waals surface area contributed by atoms with Crippen molar-refractivity contribution in [1.29, 1.82) is 0 Å². The molecular formula is C11H14Br2N2. The number of halogens is 2. The molecule has 2 rings (SSSR count). The van der Waals surface area contributed by atoms with Crippen LogP contribution in [0.15, 0.2) is 21.2 Å². The predicted molar refractivity (Wildman–Crippen MR) is 68.8 cm³/mol. The average molecular weight is 334 g/mol. The van der Waals surface area contributed by atoms with Crippen molar-refractivity contribution in [1.82, 2.24) is 10.3 Å². The Morgan fingerprint density at radius 2 is 2.27 bits per heavy atom. The minimum atomic E-state index is 0.414. The normalized spacial score (nSPS) is 17.8. The van der Waals surface area contributed by atoms with E-state index in [4.69, 9.17) is 0 Å². The summed E-state index contributed by atoms with van der Waals surface area (Å²) >= 11 is 7.01. The van der Waals surface area contributed by atoms with Crippen LogP contribution in [0, 0.1) is 5.92 Å². The molecule has 0 spiro atoms. The molecule has 1 unspecified atom stereocenters. The van der Waals surface area contributed by atoms with Crippen molar-refractivity contribution in [3.8, 4) is 0 Å². The Balaban J connectivity index is 2.24. The van der Waals surface area contributed by atoms with Crippen LogP contribution >= 0.6 is 31.9 Å². The second-order valence-corrected chi connectivity index (χ2v) is 5.66. The number of pyridine rings is 1. The first-order valence-electron chi connectivity index (χ1n) is 5.26. The van der Waals surface area contributed by atoms with E-state index in [2.05, 4.69) is 55.2 Å². The van der Waals surface area contributed by atoms with Gasteiger partial charge in [0.1, 0.15) is 0 Å². The zero-order chi connectivity index (χ0) is 10.8. The third-order valence-electron chi connectivity index (χ3n) is 2.65. The molecule has 1 saturated carbocycles. The summed E-state index contributed by atoms with van der Waals surface area (Å²) in [4.78, 5) is 4.50. The third-order valence-corrected chi connectivity index (χ3v) is 3.72. The van der Waals surface area contributed by atoms with Crippen LogP contribution in [0.4, 0.5) is 0 Å². The molecule has 1 atom stereocenters. The highest BCUT2D eigenvalue weighted by Gasteiger charge is 2.33. The molecule has 1 N–H and O–H groups in total. The summed E-state index contributed by atoms with van der Waals surface area (Å²) in [6, 6.07) is 2.48. The maximum atomic E-state index is 4.50. The summed E-state index contributed by atoms with van der Waals surface area (Å²) in [5.41, 5.74) is 1.14. The topological polar surface area (TPSA) is 24.9 Å². The van der Waals surface area contributed by atoms with Gasteiger partial charge >= 0.3 is 0 Å². The number of hydrogen-bond acceptors (Lipinski definition) is 2. The van der Waals surface area contributed by atoms with E-state index in [0.29, 0.717) is 6.04 Å². The number of rotatable bonds is 4. The van der Waals surface area contributed by atoms with Crippen LogP contribution in [0.3, 0.4) is 0 Å². The van der Waals surface area contributed by atoms with E-state index in [-0.39, 0.29) is 0 Å². The Morgan fingerprint density at radius 1 is 1.53 bits per heavy atom. The van der Waals surface area contributed by atoms with Gasteiger partial charge in [-0.25, -0.2) is 0 Å². The van der Waals surface area contributed by atoms with Crippen molar-refractivity contribution in [3.05, 3.63) is 26.9 Å². The lowest BCUT2D eigenvalue weighted by molar-refractivity contribution is 0.482. The smallest absolute Gasteiger partial charge is 0.0718 e. The highest BCUT2D eigenvalue weighted by atomic mass is 79.9. The Labute approximate surface area is 107 Å². The Kier molecular flexibility index (Phi) is 3.80. The molecule has 2 nitrogen and oxygen atoms in total. The van der Waals surface area contributed by atoms with Gasteiger partial charge < -0.3 is 5.32 Å². The van der Waals surface area contributed by atoms with E-state index >= 15 is 0 Å². The highest BCUT2D eigenvalue weighted by Crippen LogP contribution is 2.42. The van der Waals surface area contributed by atoms with Crippen LogP contribution in [-0.2, 0) is 0 Å². The molecule has 1 heterocycles. The first-order chi connectivity index (χ1) is 7.22. The standard InChI is InChI=1S/C11H14Br2N2/c1-2-14-10(7-3-4-7)11-9(13)5-8(12)6-15-11/h5-7,10,14H,2-4H2,1H3. The van der Waals surface area contributed by atoms with Crippen LogP contribution < -0.4 is 5.32 Å². The second kappa shape index (κ2) is 4.93. The third kappa shape index (κ3) is 2.80. The summed E-state index contributed by atoms with van der Waals surface area (Å²) in [6.45, 7) is 3.13. The summed E-state index contributed by atoms with van der Waals surface area (Å²) in [6.07, 6.45) is 4.51. The van der Waals surface area contributed by atoms with E-state index in [1.807, 2.05) is 6.20 Å². The zero-order valence-electron chi connectivity index (χ0n) is 8.63. The second-order valence-electron chi connectivity index (χ2n) is 3.89. The lowest BCUT2D eigenvalue weighted by Gasteiger charge is -2.18. The molecule has 1 aliphatic rings. The Morgan fingerprint density at radius 3 is 2.80 bits per heavy atom. The van der Waals surface area contributed by atoms with E-state index in [1.165, 1.54) is 12.8 Å². The molecule has 1 aromatic rings. The highest BCUT2D eigenvalue weighted by molar-refractivity contribution is 9.11. The van der Waals surface area contributed by atoms with Crippen LogP contribution in [0.25, 0.3) is 0 Å². The van der Waals surface area contributed by atoms with Gasteiger partial charge in [0, 0.05) is 15.1 Å². The van der Waals surface area contributed by atoms with Crippen molar-refractivity contribution >= 4 is 31.9 Å². The van der Waals surface area contributed by atoms with Crippen molar-refractivity contribution < 1.29 is 0 Å². The van der Waals surface area contributed by atoms with Crippen LogP contribution in [0.5, 0.6) is 0 Å². The van der Waals surface area contributed by atoms with Gasteiger partial charge in [0.05, 0.1) is 11.7 Å². The molecule has 0 radical (unpaired) electrons. The Bertz CT molecular complexity index is 350. The molecule has 0 aliphatic heterocycles. The summed E-state index contributed by atoms with van der Waals surface area (Å²) in [7, 11) is 0. The molecule has 1 aliphatic carbocycles. The lowest BCUT2D eigenvalue weighted by atomic mass is 10.1. The fourth-order valence-electron chi connectivity index (χ4n) is 1.79. The van der Waals surface area contributed by atoms with Gasteiger partial charge in [-0.05, 0) is 63.2 Å². The van der Waals surface area contributed by atoms with E-state index in [9.17, 15) is 0 Å². The van der Waals surface area contributed by atoms with E-state index < -0.39 is 0 Å². The first kappa shape index (κ1) is 11.6. The van der Waals surface area contributed by atoms with Crippen molar-refractivity contribution in [2.75, 3.05) is 6.54 Å². The fourth-order valence-corrected chi connectivity index (χ4v) is 3.02. The van der Waals surface area contributed by atoms with Crippen LogP contribution in [0.1, 0.15) is 31.5 Å². The van der Waals surface area contributed by atoms with Gasteiger partial charge in [0.15, 0.2) is 0 Å². The molecule has 82 valence electrons. The maximum absolute atomic E-state index is 4.50. The molecule has 1 fully saturated rings. The summed E-state index contributed by atoms with van der Waals surface area (Å²) < 4.78 is 2.11. The van der Waals surface area contributed by atoms with Gasteiger partial charge in [-0.15, -0.1) is 0 Å². The number of aromatic nitrogens is 1. The minimum Gasteiger partial charge on any atom is -0.309 e. The molecule has 0 amide bonds. The number of nitrogens with zero attached hydrogens (tertiary/aromatic N) is 1. The van der Waals surface area contributed by atoms with Crippen molar-refractivity contribution in [3.63, 3.8) is 0 Å². The Hall–Kier alpha value is 0.0700. The monoisotopic (exact) mass is 332 g/mol. The minimum absolute atomic E-state index is 0.414. The molecule has 0 saturated heterocycles.